The Labute approximate surface area is 203 Å². The van der Waals surface area contributed by atoms with Crippen molar-refractivity contribution in [2.24, 2.45) is 17.3 Å². The van der Waals surface area contributed by atoms with E-state index in [1.807, 2.05) is 31.7 Å². The smallest absolute Gasteiger partial charge is 0.348 e. The molecule has 2 aliphatic rings. The number of hydrogen-bond acceptors (Lipinski definition) is 4. The molecule has 182 valence electrons. The van der Waals surface area contributed by atoms with Crippen LogP contribution in [0.4, 0.5) is 5.69 Å². The van der Waals surface area contributed by atoms with E-state index in [2.05, 4.69) is 25.1 Å². The van der Waals surface area contributed by atoms with E-state index in [-0.39, 0.29) is 28.2 Å². The van der Waals surface area contributed by atoms with Gasteiger partial charge in [-0.05, 0) is 83.6 Å². The van der Waals surface area contributed by atoms with Crippen LogP contribution < -0.4 is 4.90 Å². The molecule has 0 spiro atoms. The Morgan fingerprint density at radius 3 is 2.30 bits per heavy atom. The van der Waals surface area contributed by atoms with Crippen LogP contribution in [0.2, 0.25) is 0 Å². The lowest BCUT2D eigenvalue weighted by Crippen LogP contribution is -2.47. The second-order valence-corrected chi connectivity index (χ2v) is 15.1. The number of rotatable bonds is 5. The third-order valence-electron chi connectivity index (χ3n) is 6.82. The van der Waals surface area contributed by atoms with E-state index >= 15 is 0 Å². The fourth-order valence-electron chi connectivity index (χ4n) is 4.69. The summed E-state index contributed by atoms with van der Waals surface area (Å²) in [6, 6.07) is 1.80. The van der Waals surface area contributed by atoms with Crippen LogP contribution in [0, 0.1) is 29.1 Å². The second kappa shape index (κ2) is 10.4. The van der Waals surface area contributed by atoms with Gasteiger partial charge in [-0.3, -0.25) is 4.79 Å². The van der Waals surface area contributed by atoms with Gasteiger partial charge in [0.2, 0.25) is 5.91 Å². The Morgan fingerprint density at radius 2 is 1.79 bits per heavy atom. The fourth-order valence-corrected chi connectivity index (χ4v) is 7.66. The van der Waals surface area contributed by atoms with E-state index in [0.717, 1.165) is 50.8 Å². The van der Waals surface area contributed by atoms with Crippen LogP contribution in [-0.2, 0) is 9.32 Å². The quantitative estimate of drug-likeness (QED) is 0.395. The monoisotopic (exact) mass is 491 g/mol. The number of carbonyl (C=O) groups is 2. The van der Waals surface area contributed by atoms with Crippen molar-refractivity contribution >= 4 is 42.3 Å². The number of thiophene rings is 1. The molecule has 3 rings (SSSR count). The minimum Gasteiger partial charge on any atom is -0.477 e. The number of hydrogen-bond donors (Lipinski definition) is 1. The molecule has 1 aliphatic heterocycles. The molecule has 33 heavy (non-hydrogen) atoms. The summed E-state index contributed by atoms with van der Waals surface area (Å²) < 4.78 is 5.72. The Bertz CT molecular complexity index is 976. The molecule has 0 radical (unpaired) electrons. The van der Waals surface area contributed by atoms with E-state index in [1.54, 1.807) is 7.11 Å². The summed E-state index contributed by atoms with van der Waals surface area (Å²) in [5, 5.41) is 10.0. The van der Waals surface area contributed by atoms with Gasteiger partial charge in [0.25, 0.3) is 0 Å². The van der Waals surface area contributed by atoms with Crippen molar-refractivity contribution in [2.45, 2.75) is 72.3 Å². The van der Waals surface area contributed by atoms with Crippen molar-refractivity contribution in [3.63, 3.8) is 0 Å². The molecule has 0 bridgehead atoms. The van der Waals surface area contributed by atoms with Gasteiger partial charge in [-0.1, -0.05) is 25.1 Å². The van der Waals surface area contributed by atoms with Gasteiger partial charge in [0.15, 0.2) is 0 Å². The summed E-state index contributed by atoms with van der Waals surface area (Å²) in [6.07, 6.45) is 11.4. The second-order valence-electron chi connectivity index (χ2n) is 10.7. The number of carboxylic acids is 1. The lowest BCUT2D eigenvalue weighted by Gasteiger charge is -2.40. The van der Waals surface area contributed by atoms with Crippen LogP contribution in [0.3, 0.4) is 0 Å². The molecule has 1 aliphatic carbocycles. The molecule has 7 heteroatoms. The van der Waals surface area contributed by atoms with E-state index in [1.165, 1.54) is 11.3 Å². The highest BCUT2D eigenvalue weighted by Gasteiger charge is 2.38. The molecule has 0 unspecified atom stereocenters. The standard InChI is InChI=1S/C26H38NO4PS/c1-18-7-9-19(10-8-18)24(28)27(20-12-15-32(6,31-5)16-13-20)22-17-21(11-14-26(2,3)4)33-23(22)25(29)30/h17-20H,6-10,12-13,15-16H2,1-5H3,(H,29,30)/t18-,19-,20?,32?. The normalized spacial score (nSPS) is 28.0. The first kappa shape index (κ1) is 26.1. The third-order valence-corrected chi connectivity index (χ3v) is 10.8. The fraction of sp³-hybridized carbons (Fsp3) is 0.654. The average molecular weight is 492 g/mol. The minimum atomic E-state index is -1.66. The van der Waals surface area contributed by atoms with Gasteiger partial charge in [-0.15, -0.1) is 11.3 Å². The summed E-state index contributed by atoms with van der Waals surface area (Å²) in [4.78, 5) is 28.9. The van der Waals surface area contributed by atoms with Gasteiger partial charge in [0.05, 0.1) is 10.6 Å². The molecule has 1 aromatic heterocycles. The number of amides is 1. The Kier molecular flexibility index (Phi) is 8.20. The molecule has 1 aromatic rings. The van der Waals surface area contributed by atoms with Crippen molar-refractivity contribution in [1.29, 1.82) is 0 Å². The first-order chi connectivity index (χ1) is 15.4. The predicted octanol–water partition coefficient (Wildman–Crippen LogP) is 6.18. The van der Waals surface area contributed by atoms with Crippen molar-refractivity contribution < 1.29 is 19.2 Å². The molecule has 0 aromatic carbocycles. The van der Waals surface area contributed by atoms with E-state index in [0.29, 0.717) is 16.5 Å². The van der Waals surface area contributed by atoms with Crippen molar-refractivity contribution in [2.75, 3.05) is 24.3 Å². The highest BCUT2D eigenvalue weighted by Crippen LogP contribution is 2.51. The highest BCUT2D eigenvalue weighted by atomic mass is 32.1. The summed E-state index contributed by atoms with van der Waals surface area (Å²) in [5.74, 6) is 6.02. The van der Waals surface area contributed by atoms with Crippen molar-refractivity contribution in [3.8, 4) is 11.8 Å². The minimum absolute atomic E-state index is 0.0296. The van der Waals surface area contributed by atoms with E-state index in [4.69, 9.17) is 4.52 Å². The third kappa shape index (κ3) is 6.53. The zero-order chi connectivity index (χ0) is 24.4. The van der Waals surface area contributed by atoms with Crippen LogP contribution in [0.15, 0.2) is 6.07 Å². The molecule has 5 nitrogen and oxygen atoms in total. The van der Waals surface area contributed by atoms with Crippen LogP contribution in [0.5, 0.6) is 0 Å². The zero-order valence-corrected chi connectivity index (χ0v) is 22.4. The van der Waals surface area contributed by atoms with Gasteiger partial charge in [0, 0.05) is 31.6 Å². The van der Waals surface area contributed by atoms with Crippen LogP contribution in [-0.4, -0.2) is 48.8 Å². The first-order valence-electron chi connectivity index (χ1n) is 11.9. The van der Waals surface area contributed by atoms with Gasteiger partial charge >= 0.3 is 5.97 Å². The summed E-state index contributed by atoms with van der Waals surface area (Å²) >= 11 is 1.17. The van der Waals surface area contributed by atoms with Gasteiger partial charge in [-0.25, -0.2) is 4.79 Å². The van der Waals surface area contributed by atoms with Gasteiger partial charge in [0.1, 0.15) is 4.88 Å². The summed E-state index contributed by atoms with van der Waals surface area (Å²) in [5.41, 5.74) is 0.332. The maximum Gasteiger partial charge on any atom is 0.348 e. The molecule has 2 fully saturated rings. The predicted molar refractivity (Wildman–Crippen MR) is 140 cm³/mol. The lowest BCUT2D eigenvalue weighted by atomic mass is 9.82. The van der Waals surface area contributed by atoms with Crippen molar-refractivity contribution in [3.05, 3.63) is 15.8 Å². The van der Waals surface area contributed by atoms with Crippen LogP contribution in [0.25, 0.3) is 0 Å². The van der Waals surface area contributed by atoms with Crippen LogP contribution >= 0.6 is 18.4 Å². The number of nitrogens with zero attached hydrogens (tertiary/aromatic N) is 1. The molecular formula is C26H38NO4PS. The first-order valence-corrected chi connectivity index (χ1v) is 15.0. The number of anilines is 1. The number of carboxylic acid groups (broad SMARTS) is 1. The van der Waals surface area contributed by atoms with E-state index in [9.17, 15) is 14.7 Å². The summed E-state index contributed by atoms with van der Waals surface area (Å²) in [6.45, 7) is 8.32. The molecular weight excluding hydrogens is 453 g/mol. The Balaban J connectivity index is 2.00. The molecule has 1 saturated carbocycles. The Morgan fingerprint density at radius 1 is 1.18 bits per heavy atom. The molecule has 2 heterocycles. The molecule has 1 amide bonds. The number of aromatic carboxylic acids is 1. The maximum atomic E-state index is 13.9. The van der Waals surface area contributed by atoms with Gasteiger partial charge in [-0.2, -0.15) is 0 Å². The van der Waals surface area contributed by atoms with Gasteiger partial charge < -0.3 is 14.5 Å². The Hall–Kier alpha value is -1.54. The van der Waals surface area contributed by atoms with E-state index < -0.39 is 13.1 Å². The molecule has 0 atom stereocenters. The maximum absolute atomic E-state index is 13.9. The SMILES string of the molecule is C=P1(OC)CCC(N(c2cc(C#CC(C)(C)C)sc2C(=O)O)C(=O)[C@H]2CC[C@H](C)CC2)CC1. The summed E-state index contributed by atoms with van der Waals surface area (Å²) in [7, 11) is 0.0683. The average Bonchev–Trinajstić information content (AvgIpc) is 3.18. The number of carbonyl (C=O) groups excluding carboxylic acids is 1. The zero-order valence-electron chi connectivity index (χ0n) is 20.6. The molecule has 1 N–H and O–H groups in total. The highest BCUT2D eigenvalue weighted by molar-refractivity contribution is 7.69. The molecule has 1 saturated heterocycles. The topological polar surface area (TPSA) is 66.8 Å². The lowest BCUT2D eigenvalue weighted by molar-refractivity contribution is -0.124. The van der Waals surface area contributed by atoms with Crippen LogP contribution in [0.1, 0.15) is 80.8 Å². The van der Waals surface area contributed by atoms with Crippen molar-refractivity contribution in [1.82, 2.24) is 0 Å². The largest absolute Gasteiger partial charge is 0.477 e.